The van der Waals surface area contributed by atoms with Gasteiger partial charge in [-0.25, -0.2) is 4.79 Å². The number of aliphatic hydroxyl groups is 1. The fourth-order valence-electron chi connectivity index (χ4n) is 2.06. The Morgan fingerprint density at radius 1 is 1.50 bits per heavy atom. The lowest BCUT2D eigenvalue weighted by molar-refractivity contribution is -0.144. The zero-order valence-corrected chi connectivity index (χ0v) is 9.04. The minimum atomic E-state index is -1.31. The molecule has 0 amide bonds. The molecule has 1 aliphatic carbocycles. The third-order valence-corrected chi connectivity index (χ3v) is 2.98. The number of carboxylic acid groups (broad SMARTS) is 1. The highest BCUT2D eigenvalue weighted by Crippen LogP contribution is 2.29. The summed E-state index contributed by atoms with van der Waals surface area (Å²) < 4.78 is 9.34. The van der Waals surface area contributed by atoms with Gasteiger partial charge >= 0.3 is 6.16 Å². The molecule has 6 heteroatoms. The van der Waals surface area contributed by atoms with E-state index in [2.05, 4.69) is 4.74 Å². The Hall–Kier alpha value is -1.30. The lowest BCUT2D eigenvalue weighted by atomic mass is 9.82. The maximum atomic E-state index is 10.3. The Labute approximate surface area is 93.2 Å². The average molecular weight is 232 g/mol. The van der Waals surface area contributed by atoms with Crippen LogP contribution in [0.15, 0.2) is 0 Å². The maximum Gasteiger partial charge on any atom is 0.506 e. The van der Waals surface area contributed by atoms with E-state index in [-0.39, 0.29) is 5.92 Å². The topological polar surface area (TPSA) is 93.1 Å². The van der Waals surface area contributed by atoms with Crippen LogP contribution in [0.25, 0.3) is 0 Å². The van der Waals surface area contributed by atoms with Gasteiger partial charge in [0.2, 0.25) is 0 Å². The maximum absolute atomic E-state index is 10.3. The van der Waals surface area contributed by atoms with Crippen LogP contribution in [0, 0.1) is 5.92 Å². The van der Waals surface area contributed by atoms with E-state index in [0.29, 0.717) is 25.7 Å². The Kier molecular flexibility index (Phi) is 4.54. The van der Waals surface area contributed by atoms with Crippen molar-refractivity contribution in [3.8, 4) is 0 Å². The van der Waals surface area contributed by atoms with Crippen molar-refractivity contribution >= 4 is 12.6 Å². The molecular weight excluding hydrogens is 216 g/mol. The van der Waals surface area contributed by atoms with Crippen molar-refractivity contribution in [1.29, 1.82) is 0 Å². The molecule has 0 bridgehead atoms. The third-order valence-electron chi connectivity index (χ3n) is 2.98. The monoisotopic (exact) mass is 232 g/mol. The van der Waals surface area contributed by atoms with Gasteiger partial charge in [0.25, 0.3) is 6.47 Å². The van der Waals surface area contributed by atoms with E-state index >= 15 is 0 Å². The van der Waals surface area contributed by atoms with E-state index in [1.165, 1.54) is 0 Å². The Morgan fingerprint density at radius 2 is 2.19 bits per heavy atom. The van der Waals surface area contributed by atoms with E-state index in [4.69, 9.17) is 9.84 Å². The quantitative estimate of drug-likeness (QED) is 0.549. The fourth-order valence-corrected chi connectivity index (χ4v) is 2.06. The van der Waals surface area contributed by atoms with Gasteiger partial charge in [-0.2, -0.15) is 0 Å². The van der Waals surface area contributed by atoms with Crippen LogP contribution >= 0.6 is 0 Å². The van der Waals surface area contributed by atoms with E-state index < -0.39 is 24.5 Å². The second kappa shape index (κ2) is 5.69. The first kappa shape index (κ1) is 12.8. The number of carbonyl (C=O) groups excluding carboxylic acids is 1. The highest BCUT2D eigenvalue weighted by Gasteiger charge is 2.34. The van der Waals surface area contributed by atoms with Gasteiger partial charge in [0.05, 0.1) is 6.10 Å². The summed E-state index contributed by atoms with van der Waals surface area (Å²) in [4.78, 5) is 20.5. The molecular formula is C10H16O6. The van der Waals surface area contributed by atoms with Crippen LogP contribution in [0.2, 0.25) is 0 Å². The highest BCUT2D eigenvalue weighted by atomic mass is 16.7. The Morgan fingerprint density at radius 3 is 2.69 bits per heavy atom. The number of hydrogen-bond donors (Lipinski definition) is 2. The molecule has 1 rings (SSSR count). The molecule has 0 saturated heterocycles. The standard InChI is InChI=1S/C10H16O6/c1-6(16-10(13)14)7-2-3-9(15-5-11)8(12)4-7/h5-9,12H,2-4H2,1H3,(H,13,14). The molecule has 0 heterocycles. The predicted molar refractivity (Wildman–Crippen MR) is 52.9 cm³/mol. The molecule has 0 aliphatic heterocycles. The van der Waals surface area contributed by atoms with E-state index in [1.807, 2.05) is 0 Å². The number of rotatable bonds is 4. The van der Waals surface area contributed by atoms with Gasteiger partial charge in [-0.3, -0.25) is 4.79 Å². The van der Waals surface area contributed by atoms with Crippen molar-refractivity contribution in [2.75, 3.05) is 0 Å². The van der Waals surface area contributed by atoms with E-state index in [0.717, 1.165) is 0 Å². The van der Waals surface area contributed by atoms with Gasteiger partial charge in [-0.15, -0.1) is 0 Å². The molecule has 4 atom stereocenters. The van der Waals surface area contributed by atoms with E-state index in [9.17, 15) is 14.7 Å². The molecule has 6 nitrogen and oxygen atoms in total. The van der Waals surface area contributed by atoms with Crippen LogP contribution in [-0.4, -0.2) is 41.2 Å². The van der Waals surface area contributed by atoms with Crippen LogP contribution in [0.1, 0.15) is 26.2 Å². The summed E-state index contributed by atoms with van der Waals surface area (Å²) in [5.41, 5.74) is 0. The summed E-state index contributed by atoms with van der Waals surface area (Å²) in [6, 6.07) is 0. The molecule has 0 spiro atoms. The van der Waals surface area contributed by atoms with Crippen molar-refractivity contribution in [2.45, 2.75) is 44.5 Å². The highest BCUT2D eigenvalue weighted by molar-refractivity contribution is 5.57. The summed E-state index contributed by atoms with van der Waals surface area (Å²) in [5, 5.41) is 18.1. The fraction of sp³-hybridized carbons (Fsp3) is 0.800. The SMILES string of the molecule is CC(OC(=O)O)C1CCC(OC=O)C(O)C1. The van der Waals surface area contributed by atoms with Gasteiger partial charge in [0.1, 0.15) is 12.2 Å². The van der Waals surface area contributed by atoms with Gasteiger partial charge in [-0.1, -0.05) is 0 Å². The second-order valence-corrected chi connectivity index (χ2v) is 4.00. The number of ether oxygens (including phenoxy) is 2. The van der Waals surface area contributed by atoms with Crippen LogP contribution in [0.3, 0.4) is 0 Å². The molecule has 1 fully saturated rings. The van der Waals surface area contributed by atoms with Gasteiger partial charge in [-0.05, 0) is 32.1 Å². The molecule has 16 heavy (non-hydrogen) atoms. The van der Waals surface area contributed by atoms with Crippen LogP contribution < -0.4 is 0 Å². The lowest BCUT2D eigenvalue weighted by Gasteiger charge is -2.33. The zero-order chi connectivity index (χ0) is 12.1. The van der Waals surface area contributed by atoms with Crippen LogP contribution in [0.5, 0.6) is 0 Å². The molecule has 92 valence electrons. The predicted octanol–water partition coefficient (Wildman–Crippen LogP) is 0.772. The number of aliphatic hydroxyl groups excluding tert-OH is 1. The Bertz CT molecular complexity index is 254. The first-order valence-electron chi connectivity index (χ1n) is 5.21. The van der Waals surface area contributed by atoms with Crippen LogP contribution in [0.4, 0.5) is 4.79 Å². The van der Waals surface area contributed by atoms with Crippen molar-refractivity contribution in [1.82, 2.24) is 0 Å². The van der Waals surface area contributed by atoms with Crippen molar-refractivity contribution in [3.63, 3.8) is 0 Å². The summed E-state index contributed by atoms with van der Waals surface area (Å²) >= 11 is 0. The minimum absolute atomic E-state index is 0.0300. The van der Waals surface area contributed by atoms with Crippen LogP contribution in [-0.2, 0) is 14.3 Å². The molecule has 1 saturated carbocycles. The number of hydrogen-bond acceptors (Lipinski definition) is 5. The number of carbonyl (C=O) groups is 2. The van der Waals surface area contributed by atoms with Gasteiger partial charge in [0, 0.05) is 0 Å². The summed E-state index contributed by atoms with van der Waals surface area (Å²) in [7, 11) is 0. The van der Waals surface area contributed by atoms with E-state index in [1.54, 1.807) is 6.92 Å². The molecule has 2 N–H and O–H groups in total. The van der Waals surface area contributed by atoms with Crippen molar-refractivity contribution < 1.29 is 29.3 Å². The van der Waals surface area contributed by atoms with Gasteiger partial charge < -0.3 is 19.7 Å². The normalized spacial score (nSPS) is 31.5. The summed E-state index contributed by atoms with van der Waals surface area (Å²) in [6.45, 7) is 1.98. The lowest BCUT2D eigenvalue weighted by Crippen LogP contribution is -2.39. The average Bonchev–Trinajstić information content (AvgIpc) is 2.20. The summed E-state index contributed by atoms with van der Waals surface area (Å²) in [5.74, 6) is -0.0300. The molecule has 0 aromatic rings. The third kappa shape index (κ3) is 3.37. The minimum Gasteiger partial charge on any atom is -0.462 e. The van der Waals surface area contributed by atoms with Gasteiger partial charge in [0.15, 0.2) is 0 Å². The Balaban J connectivity index is 2.44. The molecule has 0 aromatic heterocycles. The first-order chi connectivity index (χ1) is 7.54. The molecule has 0 radical (unpaired) electrons. The summed E-state index contributed by atoms with van der Waals surface area (Å²) in [6.07, 6.45) is -1.42. The second-order valence-electron chi connectivity index (χ2n) is 4.00. The smallest absolute Gasteiger partial charge is 0.462 e. The van der Waals surface area contributed by atoms with Crippen molar-refractivity contribution in [3.05, 3.63) is 0 Å². The molecule has 1 aliphatic rings. The van der Waals surface area contributed by atoms with Crippen molar-refractivity contribution in [2.24, 2.45) is 5.92 Å². The largest absolute Gasteiger partial charge is 0.506 e. The first-order valence-corrected chi connectivity index (χ1v) is 5.21. The zero-order valence-electron chi connectivity index (χ0n) is 9.04. The molecule has 0 aromatic carbocycles. The molecule has 4 unspecified atom stereocenters.